The van der Waals surface area contributed by atoms with Crippen molar-refractivity contribution in [3.05, 3.63) is 76.5 Å². The highest BCUT2D eigenvalue weighted by atomic mass is 16.5. The molecule has 0 unspecified atom stereocenters. The molecule has 1 aliphatic rings. The highest BCUT2D eigenvalue weighted by molar-refractivity contribution is 5.79. The van der Waals surface area contributed by atoms with Crippen molar-refractivity contribution in [1.29, 1.82) is 0 Å². The number of methoxy groups -OCH3 is 1. The van der Waals surface area contributed by atoms with Crippen LogP contribution in [0, 0.1) is 0 Å². The summed E-state index contributed by atoms with van der Waals surface area (Å²) < 4.78 is 5.16. The number of hydrogen-bond donors (Lipinski definition) is 1. The summed E-state index contributed by atoms with van der Waals surface area (Å²) in [4.78, 5) is 38.5. The number of carbonyl (C=O) groups excluding carboxylic acids is 1. The van der Waals surface area contributed by atoms with Gasteiger partial charge in [-0.2, -0.15) is 0 Å². The third kappa shape index (κ3) is 4.56. The van der Waals surface area contributed by atoms with Crippen LogP contribution in [0.3, 0.4) is 0 Å². The van der Waals surface area contributed by atoms with Crippen molar-refractivity contribution < 1.29 is 9.53 Å². The summed E-state index contributed by atoms with van der Waals surface area (Å²) in [5, 5.41) is 0. The first kappa shape index (κ1) is 19.8. The highest BCUT2D eigenvalue weighted by Gasteiger charge is 2.25. The summed E-state index contributed by atoms with van der Waals surface area (Å²) in [5.41, 5.74) is 2.04. The van der Waals surface area contributed by atoms with Gasteiger partial charge in [-0.05, 0) is 42.7 Å². The van der Waals surface area contributed by atoms with E-state index in [0.29, 0.717) is 36.7 Å². The Labute approximate surface area is 174 Å². The molecule has 1 N–H and O–H groups in total. The molecule has 7 nitrogen and oxygen atoms in total. The van der Waals surface area contributed by atoms with Crippen molar-refractivity contribution in [2.24, 2.45) is 0 Å². The molecule has 4 rings (SSSR count). The van der Waals surface area contributed by atoms with Gasteiger partial charge >= 0.3 is 0 Å². The number of ether oxygens (including phenoxy) is 1. The van der Waals surface area contributed by atoms with Gasteiger partial charge < -0.3 is 14.6 Å². The second-order valence-electron chi connectivity index (χ2n) is 7.41. The molecule has 0 spiro atoms. The van der Waals surface area contributed by atoms with Crippen molar-refractivity contribution in [2.75, 3.05) is 20.2 Å². The Morgan fingerprint density at radius 1 is 1.13 bits per heavy atom. The Morgan fingerprint density at radius 3 is 2.57 bits per heavy atom. The lowest BCUT2D eigenvalue weighted by Crippen LogP contribution is -2.39. The zero-order valence-corrected chi connectivity index (χ0v) is 16.9. The van der Waals surface area contributed by atoms with Crippen molar-refractivity contribution in [3.63, 3.8) is 0 Å². The molecule has 1 fully saturated rings. The quantitative estimate of drug-likeness (QED) is 0.706. The van der Waals surface area contributed by atoms with Gasteiger partial charge in [-0.25, -0.2) is 4.98 Å². The molecular weight excluding hydrogens is 380 g/mol. The first-order valence-electron chi connectivity index (χ1n) is 10.1. The smallest absolute Gasteiger partial charge is 0.251 e. The number of pyridine rings is 1. The number of aromatic amines is 1. The minimum atomic E-state index is -0.182. The number of hydrogen-bond acceptors (Lipinski definition) is 5. The molecule has 1 amide bonds. The van der Waals surface area contributed by atoms with E-state index >= 15 is 0 Å². The van der Waals surface area contributed by atoms with Crippen molar-refractivity contribution in [1.82, 2.24) is 19.9 Å². The number of benzene rings is 1. The standard InChI is InChI=1S/C23H24N4O3/c1-30-18-7-5-16(6-8-18)14-22(29)27-12-9-17(10-13-27)23-25-20(15-21(28)26-23)19-4-2-3-11-24-19/h2-8,11,15,17H,9-10,12-14H2,1H3,(H,25,26,28). The van der Waals surface area contributed by atoms with Gasteiger partial charge in [-0.3, -0.25) is 14.6 Å². The fourth-order valence-electron chi connectivity index (χ4n) is 3.75. The molecule has 30 heavy (non-hydrogen) atoms. The zero-order valence-electron chi connectivity index (χ0n) is 16.9. The van der Waals surface area contributed by atoms with Crippen LogP contribution in [0.5, 0.6) is 5.75 Å². The summed E-state index contributed by atoms with van der Waals surface area (Å²) in [6, 6.07) is 14.6. The lowest BCUT2D eigenvalue weighted by atomic mass is 9.95. The minimum absolute atomic E-state index is 0.113. The van der Waals surface area contributed by atoms with E-state index < -0.39 is 0 Å². The van der Waals surface area contributed by atoms with E-state index in [9.17, 15) is 9.59 Å². The van der Waals surface area contributed by atoms with Crippen LogP contribution in [-0.4, -0.2) is 46.0 Å². The van der Waals surface area contributed by atoms with Gasteiger partial charge in [0.05, 0.1) is 24.9 Å². The predicted octanol–water partition coefficient (Wildman–Crippen LogP) is 2.79. The molecule has 1 aliphatic heterocycles. The normalized spacial score (nSPS) is 14.5. The van der Waals surface area contributed by atoms with Gasteiger partial charge in [0, 0.05) is 31.3 Å². The zero-order chi connectivity index (χ0) is 20.9. The average molecular weight is 404 g/mol. The molecule has 0 aliphatic carbocycles. The molecule has 0 atom stereocenters. The number of aromatic nitrogens is 3. The van der Waals surface area contributed by atoms with Crippen molar-refractivity contribution >= 4 is 5.91 Å². The summed E-state index contributed by atoms with van der Waals surface area (Å²) >= 11 is 0. The van der Waals surface area contributed by atoms with E-state index in [4.69, 9.17) is 4.74 Å². The van der Waals surface area contributed by atoms with Gasteiger partial charge in [-0.1, -0.05) is 18.2 Å². The van der Waals surface area contributed by atoms with Crippen LogP contribution in [0.1, 0.15) is 30.1 Å². The third-order valence-electron chi connectivity index (χ3n) is 5.44. The molecule has 154 valence electrons. The Bertz CT molecular complexity index is 1060. The van der Waals surface area contributed by atoms with Gasteiger partial charge in [0.2, 0.25) is 5.91 Å². The molecule has 2 aromatic heterocycles. The summed E-state index contributed by atoms with van der Waals surface area (Å²) in [5.74, 6) is 1.68. The number of nitrogens with one attached hydrogen (secondary N) is 1. The molecule has 0 radical (unpaired) electrons. The van der Waals surface area contributed by atoms with Crippen LogP contribution in [0.2, 0.25) is 0 Å². The van der Waals surface area contributed by atoms with E-state index in [1.54, 1.807) is 13.3 Å². The number of carbonyl (C=O) groups is 1. The van der Waals surface area contributed by atoms with Gasteiger partial charge in [0.15, 0.2) is 0 Å². The summed E-state index contributed by atoms with van der Waals surface area (Å²) in [6.45, 7) is 1.30. The largest absolute Gasteiger partial charge is 0.497 e. The number of nitrogens with zero attached hydrogens (tertiary/aromatic N) is 3. The van der Waals surface area contributed by atoms with E-state index in [2.05, 4.69) is 15.0 Å². The molecule has 1 saturated heterocycles. The molecule has 0 saturated carbocycles. The number of piperidine rings is 1. The third-order valence-corrected chi connectivity index (χ3v) is 5.44. The SMILES string of the molecule is COc1ccc(CC(=O)N2CCC(c3nc(-c4ccccn4)cc(=O)[nH]3)CC2)cc1. The Morgan fingerprint density at radius 2 is 1.90 bits per heavy atom. The highest BCUT2D eigenvalue weighted by Crippen LogP contribution is 2.26. The van der Waals surface area contributed by atoms with Crippen molar-refractivity contribution in [2.45, 2.75) is 25.2 Å². The van der Waals surface area contributed by atoms with E-state index in [0.717, 1.165) is 24.2 Å². The Balaban J connectivity index is 1.40. The van der Waals surface area contributed by atoms with E-state index in [1.807, 2.05) is 47.4 Å². The number of amides is 1. The van der Waals surface area contributed by atoms with E-state index in [-0.39, 0.29) is 17.4 Å². The minimum Gasteiger partial charge on any atom is -0.497 e. The summed E-state index contributed by atoms with van der Waals surface area (Å²) in [7, 11) is 1.62. The second-order valence-corrected chi connectivity index (χ2v) is 7.41. The molecule has 0 bridgehead atoms. The van der Waals surface area contributed by atoms with Crippen LogP contribution in [0.25, 0.3) is 11.4 Å². The number of rotatable bonds is 5. The predicted molar refractivity (Wildman–Crippen MR) is 113 cm³/mol. The molecule has 1 aromatic carbocycles. The number of likely N-dealkylation sites (tertiary alicyclic amines) is 1. The fourth-order valence-corrected chi connectivity index (χ4v) is 3.75. The molecule has 7 heteroatoms. The van der Waals surface area contributed by atoms with Gasteiger partial charge in [0.1, 0.15) is 11.6 Å². The maximum Gasteiger partial charge on any atom is 0.251 e. The maximum atomic E-state index is 12.7. The van der Waals surface area contributed by atoms with Crippen LogP contribution in [-0.2, 0) is 11.2 Å². The van der Waals surface area contributed by atoms with E-state index in [1.165, 1.54) is 6.07 Å². The first-order chi connectivity index (χ1) is 14.6. The van der Waals surface area contributed by atoms with Crippen LogP contribution < -0.4 is 10.3 Å². The van der Waals surface area contributed by atoms with Crippen LogP contribution in [0.4, 0.5) is 0 Å². The molecular formula is C23H24N4O3. The Hall–Kier alpha value is -3.48. The van der Waals surface area contributed by atoms with Gasteiger partial charge in [-0.15, -0.1) is 0 Å². The lowest BCUT2D eigenvalue weighted by Gasteiger charge is -2.31. The first-order valence-corrected chi connectivity index (χ1v) is 10.1. The average Bonchev–Trinajstić information content (AvgIpc) is 2.80. The topological polar surface area (TPSA) is 88.2 Å². The second kappa shape index (κ2) is 8.90. The van der Waals surface area contributed by atoms with Crippen LogP contribution >= 0.6 is 0 Å². The van der Waals surface area contributed by atoms with Crippen molar-refractivity contribution in [3.8, 4) is 17.1 Å². The maximum absolute atomic E-state index is 12.7. The Kier molecular flexibility index (Phi) is 5.88. The number of H-pyrrole nitrogens is 1. The molecule has 3 heterocycles. The fraction of sp³-hybridized carbons (Fsp3) is 0.304. The van der Waals surface area contributed by atoms with Crippen LogP contribution in [0.15, 0.2) is 59.5 Å². The monoisotopic (exact) mass is 404 g/mol. The van der Waals surface area contributed by atoms with Gasteiger partial charge in [0.25, 0.3) is 5.56 Å². The summed E-state index contributed by atoms with van der Waals surface area (Å²) in [6.07, 6.45) is 3.59. The molecule has 3 aromatic rings. The lowest BCUT2D eigenvalue weighted by molar-refractivity contribution is -0.131.